The van der Waals surface area contributed by atoms with E-state index in [0.29, 0.717) is 12.6 Å². The van der Waals surface area contributed by atoms with E-state index in [0.717, 1.165) is 18.2 Å². The number of aromatic hydroxyl groups is 2. The van der Waals surface area contributed by atoms with Crippen LogP contribution < -0.4 is 10.2 Å². The summed E-state index contributed by atoms with van der Waals surface area (Å²) in [6.45, 7) is 0. The Morgan fingerprint density at radius 3 is 1.95 bits per heavy atom. The van der Waals surface area contributed by atoms with Gasteiger partial charge in [0.1, 0.15) is 17.8 Å². The zero-order valence-electron chi connectivity index (χ0n) is 10.5. The van der Waals surface area contributed by atoms with Gasteiger partial charge in [0.05, 0.1) is 5.56 Å². The molecule has 0 aliphatic rings. The van der Waals surface area contributed by atoms with E-state index in [1.54, 1.807) is 0 Å². The zero-order chi connectivity index (χ0) is 15.1. The van der Waals surface area contributed by atoms with E-state index in [1.807, 2.05) is 0 Å². The summed E-state index contributed by atoms with van der Waals surface area (Å²) in [5, 5.41) is 38.8. The third-order valence-electron chi connectivity index (χ3n) is 2.25. The summed E-state index contributed by atoms with van der Waals surface area (Å²) in [6, 6.07) is 7.01. The van der Waals surface area contributed by atoms with Crippen molar-refractivity contribution in [2.45, 2.75) is 0 Å². The summed E-state index contributed by atoms with van der Waals surface area (Å²) in [5.41, 5.74) is 0.0208. The Morgan fingerprint density at radius 1 is 0.857 bits per heavy atom. The van der Waals surface area contributed by atoms with Crippen molar-refractivity contribution in [3.05, 3.63) is 47.5 Å². The summed E-state index contributed by atoms with van der Waals surface area (Å²) in [7, 11) is 0. The largest absolute Gasteiger partial charge is 2.00 e. The van der Waals surface area contributed by atoms with Gasteiger partial charge in [0.25, 0.3) is 0 Å². The molecule has 0 atom stereocenters. The minimum atomic E-state index is -0.408. The van der Waals surface area contributed by atoms with Gasteiger partial charge in [-0.3, -0.25) is 9.59 Å². The molecule has 0 amide bonds. The average Bonchev–Trinajstić information content (AvgIpc) is 2.44. The fourth-order valence-corrected chi connectivity index (χ4v) is 1.25. The number of phenols is 2. The Morgan fingerprint density at radius 2 is 1.48 bits per heavy atom. The van der Waals surface area contributed by atoms with Gasteiger partial charge in [0.15, 0.2) is 6.29 Å². The topological polar surface area (TPSA) is 121 Å². The molecule has 6 nitrogen and oxygen atoms in total. The number of carbonyl (C=O) groups excluding carboxylic acids is 2. The van der Waals surface area contributed by atoms with Crippen LogP contribution in [-0.4, -0.2) is 22.8 Å². The van der Waals surface area contributed by atoms with Crippen LogP contribution in [0.5, 0.6) is 23.0 Å². The van der Waals surface area contributed by atoms with Gasteiger partial charge in [-0.05, 0) is 18.2 Å². The Balaban J connectivity index is 0.000000364. The van der Waals surface area contributed by atoms with E-state index >= 15 is 0 Å². The number of aldehydes is 2. The normalized spacial score (nSPS) is 8.76. The minimum Gasteiger partial charge on any atom is -0.872 e. The molecule has 0 saturated carbocycles. The minimum absolute atomic E-state index is 0. The van der Waals surface area contributed by atoms with Crippen molar-refractivity contribution >= 4 is 12.6 Å². The molecule has 21 heavy (non-hydrogen) atoms. The van der Waals surface area contributed by atoms with Crippen molar-refractivity contribution in [2.24, 2.45) is 0 Å². The standard InChI is InChI=1S/2C7H6O3.Fe/c2*8-4-5-3-6(9)1-2-7(5)10;/h2*1-4,9-10H;/q;;+2/p-2. The van der Waals surface area contributed by atoms with Crippen LogP contribution in [-0.2, 0) is 17.1 Å². The predicted octanol–water partition coefficient (Wildman–Crippen LogP) is 0.554. The number of hydrogen-bond donors (Lipinski definition) is 2. The van der Waals surface area contributed by atoms with Crippen molar-refractivity contribution in [1.29, 1.82) is 0 Å². The summed E-state index contributed by atoms with van der Waals surface area (Å²) in [5.74, 6) is -0.871. The molecule has 2 aromatic carbocycles. The summed E-state index contributed by atoms with van der Waals surface area (Å²) in [6.07, 6.45) is 0.860. The van der Waals surface area contributed by atoms with Crippen LogP contribution in [0.3, 0.4) is 0 Å². The van der Waals surface area contributed by atoms with E-state index in [-0.39, 0.29) is 45.4 Å². The first-order chi connectivity index (χ1) is 9.47. The second-order valence-electron chi connectivity index (χ2n) is 3.68. The number of phenolic OH excluding ortho intramolecular Hbond substituents is 2. The molecule has 7 heteroatoms. The van der Waals surface area contributed by atoms with Crippen LogP contribution in [0.4, 0.5) is 0 Å². The van der Waals surface area contributed by atoms with Crippen LogP contribution in [0.25, 0.3) is 0 Å². The maximum absolute atomic E-state index is 10.6. The molecule has 0 unspecified atom stereocenters. The maximum Gasteiger partial charge on any atom is 2.00 e. The molecular weight excluding hydrogens is 320 g/mol. The molecule has 0 spiro atoms. The monoisotopic (exact) mass is 330 g/mol. The van der Waals surface area contributed by atoms with Gasteiger partial charge < -0.3 is 20.4 Å². The number of hydrogen-bond acceptors (Lipinski definition) is 6. The van der Waals surface area contributed by atoms with Gasteiger partial charge in [-0.25, -0.2) is 0 Å². The number of carbonyl (C=O) groups is 2. The van der Waals surface area contributed by atoms with Crippen molar-refractivity contribution in [3.8, 4) is 23.0 Å². The maximum atomic E-state index is 10.6. The van der Waals surface area contributed by atoms with Crippen LogP contribution >= 0.6 is 0 Å². The summed E-state index contributed by atoms with van der Waals surface area (Å²) in [4.78, 5) is 20.1. The van der Waals surface area contributed by atoms with Gasteiger partial charge >= 0.3 is 17.1 Å². The van der Waals surface area contributed by atoms with E-state index in [4.69, 9.17) is 10.2 Å². The SMILES string of the molecule is O=Cc1cc(O)ccc1O.O=Cc1cc([O-])ccc1[O-].[Fe+2]. The molecule has 0 aliphatic heterocycles. The van der Waals surface area contributed by atoms with Crippen molar-refractivity contribution < 1.29 is 47.1 Å². The van der Waals surface area contributed by atoms with Crippen LogP contribution in [0.1, 0.15) is 20.7 Å². The molecule has 110 valence electrons. The first-order valence-electron chi connectivity index (χ1n) is 5.38. The molecule has 0 bridgehead atoms. The van der Waals surface area contributed by atoms with E-state index in [1.165, 1.54) is 18.2 Å². The molecule has 0 radical (unpaired) electrons. The fourth-order valence-electron chi connectivity index (χ4n) is 1.25. The predicted molar refractivity (Wildman–Crippen MR) is 65.9 cm³/mol. The molecule has 2 N–H and O–H groups in total. The van der Waals surface area contributed by atoms with Gasteiger partial charge in [0.2, 0.25) is 0 Å². The third-order valence-corrected chi connectivity index (χ3v) is 2.25. The zero-order valence-corrected chi connectivity index (χ0v) is 11.6. The van der Waals surface area contributed by atoms with Crippen molar-refractivity contribution in [2.75, 3.05) is 0 Å². The van der Waals surface area contributed by atoms with E-state index in [2.05, 4.69) is 0 Å². The third kappa shape index (κ3) is 5.56. The Hall–Kier alpha value is -2.50. The van der Waals surface area contributed by atoms with Gasteiger partial charge in [-0.2, -0.15) is 0 Å². The Kier molecular flexibility index (Phi) is 7.60. The molecular formula is C14H10FeO6. The van der Waals surface area contributed by atoms with E-state index < -0.39 is 5.75 Å². The van der Waals surface area contributed by atoms with Crippen molar-refractivity contribution in [3.63, 3.8) is 0 Å². The van der Waals surface area contributed by atoms with Crippen LogP contribution in [0, 0.1) is 0 Å². The van der Waals surface area contributed by atoms with Crippen molar-refractivity contribution in [1.82, 2.24) is 0 Å². The molecule has 2 aromatic rings. The second-order valence-corrected chi connectivity index (χ2v) is 3.68. The quantitative estimate of drug-likeness (QED) is 0.471. The Bertz CT molecular complexity index is 571. The van der Waals surface area contributed by atoms with Crippen LogP contribution in [0.2, 0.25) is 0 Å². The second kappa shape index (κ2) is 8.63. The molecule has 2 rings (SSSR count). The van der Waals surface area contributed by atoms with E-state index in [9.17, 15) is 19.8 Å². The van der Waals surface area contributed by atoms with Gasteiger partial charge in [-0.15, -0.1) is 5.75 Å². The van der Waals surface area contributed by atoms with Gasteiger partial charge in [-0.1, -0.05) is 23.9 Å². The smallest absolute Gasteiger partial charge is 0.872 e. The van der Waals surface area contributed by atoms with Gasteiger partial charge in [0, 0.05) is 5.56 Å². The summed E-state index contributed by atoms with van der Waals surface area (Å²) < 4.78 is 0. The molecule has 0 saturated heterocycles. The Labute approximate surface area is 130 Å². The number of rotatable bonds is 2. The fraction of sp³-hybridized carbons (Fsp3) is 0. The molecule has 0 aliphatic carbocycles. The average molecular weight is 330 g/mol. The molecule has 0 heterocycles. The van der Waals surface area contributed by atoms with Crippen LogP contribution in [0.15, 0.2) is 36.4 Å². The first-order valence-corrected chi connectivity index (χ1v) is 5.38. The molecule has 0 fully saturated rings. The molecule has 0 aromatic heterocycles. The summed E-state index contributed by atoms with van der Waals surface area (Å²) >= 11 is 0. The number of benzene rings is 2. The first kappa shape index (κ1) is 18.5.